The molecule has 7 heteroatoms. The first-order valence-electron chi connectivity index (χ1n) is 18.2. The highest BCUT2D eigenvalue weighted by Crippen LogP contribution is 2.28. The van der Waals surface area contributed by atoms with Crippen molar-refractivity contribution in [2.45, 2.75) is 204 Å². The van der Waals surface area contributed by atoms with Crippen LogP contribution < -0.4 is 0 Å². The zero-order valence-electron chi connectivity index (χ0n) is 28.1. The number of aliphatic hydroxyl groups is 4. The number of cyclic esters (lactones) is 1. The molecule has 1 fully saturated rings. The molecule has 4 N–H and O–H groups in total. The minimum absolute atomic E-state index is 0.186. The topological polar surface area (TPSA) is 116 Å². The third-order valence-corrected chi connectivity index (χ3v) is 9.28. The molecule has 0 aromatic rings. The quantitative estimate of drug-likeness (QED) is 0.0423. The minimum Gasteiger partial charge on any atom is -0.455 e. The van der Waals surface area contributed by atoms with Gasteiger partial charge in [0.15, 0.2) is 0 Å². The van der Waals surface area contributed by atoms with Crippen LogP contribution >= 0.6 is 0 Å². The van der Waals surface area contributed by atoms with Gasteiger partial charge in [0.05, 0.1) is 36.6 Å². The van der Waals surface area contributed by atoms with Crippen LogP contribution in [0.3, 0.4) is 0 Å². The number of carbonyl (C=O) groups excluding carboxylic acids is 1. The number of allylic oxidation sites excluding steroid dienone is 2. The van der Waals surface area contributed by atoms with Crippen LogP contribution in [0, 0.1) is 0 Å². The van der Waals surface area contributed by atoms with Crippen LogP contribution in [0.2, 0.25) is 0 Å². The van der Waals surface area contributed by atoms with E-state index in [-0.39, 0.29) is 30.7 Å². The van der Waals surface area contributed by atoms with Gasteiger partial charge in [-0.15, -0.1) is 0 Å². The maximum Gasteiger partial charge on any atom is 0.334 e. The molecule has 2 aliphatic heterocycles. The molecule has 7 nitrogen and oxygen atoms in total. The largest absolute Gasteiger partial charge is 0.455 e. The van der Waals surface area contributed by atoms with Crippen molar-refractivity contribution in [2.24, 2.45) is 0 Å². The number of carbonyl (C=O) groups is 1. The summed E-state index contributed by atoms with van der Waals surface area (Å²) in [7, 11) is 0. The molecule has 0 saturated carbocycles. The molecule has 44 heavy (non-hydrogen) atoms. The SMILES string of the molecule is CCCCCCCCCCCC/C=C\CC[C@@H](O)[C@H]1CC[C@H]([C@H](O)CCCCC[C@H](O)CC[C@@H](O)CC2=C[C@H](C)OC2=O)O1. The van der Waals surface area contributed by atoms with Crippen molar-refractivity contribution in [2.75, 3.05) is 0 Å². The second-order valence-corrected chi connectivity index (χ2v) is 13.5. The monoisotopic (exact) mass is 622 g/mol. The van der Waals surface area contributed by atoms with E-state index in [4.69, 9.17) is 9.47 Å². The van der Waals surface area contributed by atoms with Crippen molar-refractivity contribution < 1.29 is 34.7 Å². The Morgan fingerprint density at radius 1 is 0.705 bits per heavy atom. The van der Waals surface area contributed by atoms with Gasteiger partial charge >= 0.3 is 5.97 Å². The van der Waals surface area contributed by atoms with E-state index in [1.807, 2.05) is 0 Å². The summed E-state index contributed by atoms with van der Waals surface area (Å²) >= 11 is 0. The molecule has 1 saturated heterocycles. The maximum absolute atomic E-state index is 11.7. The Kier molecular flexibility index (Phi) is 21.2. The van der Waals surface area contributed by atoms with Gasteiger partial charge in [0, 0.05) is 12.0 Å². The smallest absolute Gasteiger partial charge is 0.334 e. The summed E-state index contributed by atoms with van der Waals surface area (Å²) in [5.74, 6) is -0.355. The molecule has 0 aromatic heterocycles. The number of rotatable bonds is 27. The highest BCUT2D eigenvalue weighted by molar-refractivity contribution is 5.90. The molecule has 0 spiro atoms. The predicted molar refractivity (Wildman–Crippen MR) is 177 cm³/mol. The highest BCUT2D eigenvalue weighted by atomic mass is 16.5. The summed E-state index contributed by atoms with van der Waals surface area (Å²) < 4.78 is 11.1. The molecule has 7 atom stereocenters. The van der Waals surface area contributed by atoms with E-state index in [1.165, 1.54) is 64.2 Å². The molecular weight excluding hydrogens is 556 g/mol. The van der Waals surface area contributed by atoms with Crippen LogP contribution in [0.15, 0.2) is 23.8 Å². The standard InChI is InChI=1S/C37H66O7/c1-3-4-5-6-7-8-9-10-11-12-13-14-15-18-21-33(40)35-25-26-36(44-35)34(41)22-19-16-17-20-31(38)23-24-32(39)28-30-27-29(2)43-37(30)42/h14-15,27,29,31-36,38-41H,3-13,16-26,28H2,1-2H3/b15-14-/t29-,31-,32+,33+,34+,35+,36+/m0/s1. The minimum atomic E-state index is -0.659. The molecule has 0 amide bonds. The van der Waals surface area contributed by atoms with Crippen molar-refractivity contribution in [3.8, 4) is 0 Å². The Morgan fingerprint density at radius 3 is 1.89 bits per heavy atom. The molecular formula is C37H66O7. The normalized spacial score (nSPS) is 23.2. The average Bonchev–Trinajstić information content (AvgIpc) is 3.62. The number of ether oxygens (including phenoxy) is 2. The number of aliphatic hydroxyl groups excluding tert-OH is 4. The van der Waals surface area contributed by atoms with Gasteiger partial charge in [0.25, 0.3) is 0 Å². The average molecular weight is 623 g/mol. The number of hydrogen-bond donors (Lipinski definition) is 4. The van der Waals surface area contributed by atoms with Gasteiger partial charge < -0.3 is 29.9 Å². The van der Waals surface area contributed by atoms with Gasteiger partial charge in [-0.2, -0.15) is 0 Å². The fraction of sp³-hybridized carbons (Fsp3) is 0.865. The van der Waals surface area contributed by atoms with Crippen molar-refractivity contribution in [3.63, 3.8) is 0 Å². The van der Waals surface area contributed by atoms with Gasteiger partial charge in [-0.1, -0.05) is 96.1 Å². The summed E-state index contributed by atoms with van der Waals surface area (Å²) in [5.41, 5.74) is 0.521. The molecule has 256 valence electrons. The number of unbranched alkanes of at least 4 members (excludes halogenated alkanes) is 12. The molecule has 2 heterocycles. The van der Waals surface area contributed by atoms with Gasteiger partial charge in [-0.25, -0.2) is 4.79 Å². The fourth-order valence-electron chi connectivity index (χ4n) is 6.46. The summed E-state index contributed by atoms with van der Waals surface area (Å²) in [6.07, 6.45) is 26.5. The van der Waals surface area contributed by atoms with Crippen LogP contribution in [-0.2, 0) is 14.3 Å². The Morgan fingerprint density at radius 2 is 1.25 bits per heavy atom. The first-order chi connectivity index (χ1) is 21.3. The third-order valence-electron chi connectivity index (χ3n) is 9.28. The molecule has 0 radical (unpaired) electrons. The van der Waals surface area contributed by atoms with Crippen LogP contribution in [0.4, 0.5) is 0 Å². The van der Waals surface area contributed by atoms with Crippen molar-refractivity contribution in [3.05, 3.63) is 23.8 Å². The van der Waals surface area contributed by atoms with Crippen LogP contribution in [0.5, 0.6) is 0 Å². The molecule has 2 aliphatic rings. The lowest BCUT2D eigenvalue weighted by molar-refractivity contribution is -0.139. The van der Waals surface area contributed by atoms with Crippen molar-refractivity contribution in [1.82, 2.24) is 0 Å². The maximum atomic E-state index is 11.7. The predicted octanol–water partition coefficient (Wildman–Crippen LogP) is 7.62. The van der Waals surface area contributed by atoms with E-state index in [2.05, 4.69) is 19.1 Å². The lowest BCUT2D eigenvalue weighted by Gasteiger charge is -2.22. The second kappa shape index (κ2) is 24.0. The molecule has 0 aromatic carbocycles. The van der Waals surface area contributed by atoms with E-state index in [0.29, 0.717) is 37.7 Å². The van der Waals surface area contributed by atoms with Gasteiger partial charge in [-0.05, 0) is 77.2 Å². The zero-order chi connectivity index (χ0) is 32.0. The lowest BCUT2D eigenvalue weighted by Crippen LogP contribution is -2.31. The molecule has 0 unspecified atom stereocenters. The van der Waals surface area contributed by atoms with E-state index < -0.39 is 24.4 Å². The van der Waals surface area contributed by atoms with E-state index in [9.17, 15) is 25.2 Å². The highest BCUT2D eigenvalue weighted by Gasteiger charge is 2.34. The lowest BCUT2D eigenvalue weighted by atomic mass is 9.98. The van der Waals surface area contributed by atoms with E-state index in [0.717, 1.165) is 44.9 Å². The third kappa shape index (κ3) is 17.4. The van der Waals surface area contributed by atoms with Crippen molar-refractivity contribution in [1.29, 1.82) is 0 Å². The summed E-state index contributed by atoms with van der Waals surface area (Å²) in [6, 6.07) is 0. The summed E-state index contributed by atoms with van der Waals surface area (Å²) in [6.45, 7) is 4.06. The zero-order valence-corrected chi connectivity index (χ0v) is 28.1. The number of hydrogen-bond acceptors (Lipinski definition) is 7. The van der Waals surface area contributed by atoms with Gasteiger partial charge in [0.1, 0.15) is 6.10 Å². The number of esters is 1. The van der Waals surface area contributed by atoms with E-state index >= 15 is 0 Å². The Balaban J connectivity index is 1.42. The van der Waals surface area contributed by atoms with E-state index in [1.54, 1.807) is 13.0 Å². The first kappa shape index (κ1) is 38.9. The molecule has 2 rings (SSSR count). The Hall–Kier alpha value is -1.25. The van der Waals surface area contributed by atoms with Crippen LogP contribution in [-0.4, -0.2) is 69.1 Å². The molecule has 0 bridgehead atoms. The Bertz CT molecular complexity index is 797. The Labute approximate surface area is 268 Å². The van der Waals surface area contributed by atoms with Crippen molar-refractivity contribution >= 4 is 5.97 Å². The van der Waals surface area contributed by atoms with Gasteiger partial charge in [0.2, 0.25) is 0 Å². The molecule has 0 aliphatic carbocycles. The van der Waals surface area contributed by atoms with Crippen LogP contribution in [0.25, 0.3) is 0 Å². The van der Waals surface area contributed by atoms with Gasteiger partial charge in [-0.3, -0.25) is 0 Å². The van der Waals surface area contributed by atoms with Crippen LogP contribution in [0.1, 0.15) is 162 Å². The fourth-order valence-corrected chi connectivity index (χ4v) is 6.46. The summed E-state index contributed by atoms with van der Waals surface area (Å²) in [5, 5.41) is 41.7. The first-order valence-corrected chi connectivity index (χ1v) is 18.2. The second-order valence-electron chi connectivity index (χ2n) is 13.5. The summed E-state index contributed by atoms with van der Waals surface area (Å²) in [4.78, 5) is 11.7.